The molecule has 17 heavy (non-hydrogen) atoms. The van der Waals surface area contributed by atoms with Crippen molar-refractivity contribution in [1.29, 1.82) is 0 Å². The number of halogens is 1. The molecule has 1 aromatic rings. The molecule has 0 saturated carbocycles. The summed E-state index contributed by atoms with van der Waals surface area (Å²) in [6, 6.07) is 5.48. The van der Waals surface area contributed by atoms with Crippen LogP contribution in [0, 0.1) is 0 Å². The Hall–Kier alpha value is -0.580. The first-order chi connectivity index (χ1) is 8.29. The number of benzene rings is 1. The lowest BCUT2D eigenvalue weighted by Crippen LogP contribution is -2.04. The topological polar surface area (TPSA) is 31.0 Å². The zero-order valence-corrected chi connectivity index (χ0v) is 11.2. The van der Waals surface area contributed by atoms with Crippen LogP contribution in [-0.4, -0.2) is 37.9 Å². The second-order valence-corrected chi connectivity index (χ2v) is 5.09. The van der Waals surface area contributed by atoms with Crippen molar-refractivity contribution in [2.24, 2.45) is 0 Å². The summed E-state index contributed by atoms with van der Waals surface area (Å²) in [5, 5.41) is 0.584. The Morgan fingerprint density at radius 3 is 2.94 bits per heavy atom. The first-order valence-corrected chi connectivity index (χ1v) is 7.22. The lowest BCUT2D eigenvalue weighted by Gasteiger charge is -2.09. The first kappa shape index (κ1) is 12.9. The molecule has 1 atom stereocenters. The summed E-state index contributed by atoms with van der Waals surface area (Å²) in [6.07, 6.45) is 2.30. The van der Waals surface area contributed by atoms with Crippen LogP contribution in [0.4, 0.5) is 0 Å². The molecule has 5 heteroatoms. The summed E-state index contributed by atoms with van der Waals surface area (Å²) < 4.78 is 16.1. The first-order valence-electron chi connectivity index (χ1n) is 5.45. The van der Waals surface area contributed by atoms with Gasteiger partial charge in [-0.3, -0.25) is 0 Å². The Labute approximate surface area is 110 Å². The molecule has 0 amide bonds. The van der Waals surface area contributed by atoms with Crippen molar-refractivity contribution in [3.8, 4) is 11.5 Å². The molecular weight excluding hydrogens is 260 g/mol. The molecule has 1 aromatic carbocycles. The van der Waals surface area contributed by atoms with Gasteiger partial charge in [-0.15, -0.1) is 0 Å². The maximum atomic E-state index is 6.10. The van der Waals surface area contributed by atoms with Crippen molar-refractivity contribution in [3.05, 3.63) is 23.2 Å². The van der Waals surface area contributed by atoms with Crippen LogP contribution >= 0.6 is 23.4 Å². The van der Waals surface area contributed by atoms with E-state index in [0.717, 1.165) is 18.1 Å². The van der Waals surface area contributed by atoms with E-state index in [9.17, 15) is 0 Å². The lowest BCUT2D eigenvalue weighted by molar-refractivity contribution is 0.262. The van der Waals surface area contributed by atoms with E-state index in [1.807, 2.05) is 18.4 Å². The fraction of sp³-hybridized carbons (Fsp3) is 0.500. The lowest BCUT2D eigenvalue weighted by atomic mass is 10.3. The number of epoxide rings is 1. The van der Waals surface area contributed by atoms with Gasteiger partial charge in [-0.2, -0.15) is 11.8 Å². The van der Waals surface area contributed by atoms with E-state index >= 15 is 0 Å². The van der Waals surface area contributed by atoms with Crippen LogP contribution < -0.4 is 9.47 Å². The largest absolute Gasteiger partial charge is 0.491 e. The Morgan fingerprint density at radius 2 is 2.29 bits per heavy atom. The summed E-state index contributed by atoms with van der Waals surface area (Å²) in [4.78, 5) is 0. The van der Waals surface area contributed by atoms with Crippen molar-refractivity contribution in [1.82, 2.24) is 0 Å². The summed E-state index contributed by atoms with van der Waals surface area (Å²) in [6.45, 7) is 2.05. The van der Waals surface area contributed by atoms with Gasteiger partial charge >= 0.3 is 0 Å². The van der Waals surface area contributed by atoms with E-state index in [1.54, 1.807) is 17.8 Å². The van der Waals surface area contributed by atoms with Gasteiger partial charge in [0, 0.05) is 11.8 Å². The Balaban J connectivity index is 1.85. The van der Waals surface area contributed by atoms with Gasteiger partial charge in [0.25, 0.3) is 0 Å². The Bertz CT molecular complexity index is 369. The molecule has 1 unspecified atom stereocenters. The molecular formula is C12H15ClO3S. The average Bonchev–Trinajstić information content (AvgIpc) is 3.13. The van der Waals surface area contributed by atoms with Crippen molar-refractivity contribution in [2.45, 2.75) is 6.10 Å². The number of rotatable bonds is 7. The summed E-state index contributed by atoms with van der Waals surface area (Å²) in [5.41, 5.74) is 0. The predicted molar refractivity (Wildman–Crippen MR) is 70.6 cm³/mol. The highest BCUT2D eigenvalue weighted by Crippen LogP contribution is 2.29. The van der Waals surface area contributed by atoms with Gasteiger partial charge in [-0.05, 0) is 18.4 Å². The van der Waals surface area contributed by atoms with E-state index in [0.29, 0.717) is 24.0 Å². The van der Waals surface area contributed by atoms with Crippen LogP contribution in [0.2, 0.25) is 5.02 Å². The van der Waals surface area contributed by atoms with Crippen LogP contribution in [-0.2, 0) is 4.74 Å². The normalized spacial score (nSPS) is 17.9. The molecule has 0 aromatic heterocycles. The Kier molecular flexibility index (Phi) is 4.83. The second kappa shape index (κ2) is 6.38. The van der Waals surface area contributed by atoms with Crippen molar-refractivity contribution < 1.29 is 14.2 Å². The smallest absolute Gasteiger partial charge is 0.138 e. The zero-order chi connectivity index (χ0) is 12.1. The highest BCUT2D eigenvalue weighted by molar-refractivity contribution is 7.98. The van der Waals surface area contributed by atoms with Gasteiger partial charge in [0.15, 0.2) is 0 Å². The van der Waals surface area contributed by atoms with Gasteiger partial charge in [0.1, 0.15) is 24.2 Å². The molecule has 94 valence electrons. The maximum Gasteiger partial charge on any atom is 0.138 e. The van der Waals surface area contributed by atoms with Crippen LogP contribution in [0.1, 0.15) is 0 Å². The molecule has 2 rings (SSSR count). The molecule has 1 aliphatic rings. The maximum absolute atomic E-state index is 6.10. The van der Waals surface area contributed by atoms with Crippen molar-refractivity contribution in [2.75, 3.05) is 31.8 Å². The minimum absolute atomic E-state index is 0.256. The fourth-order valence-electron chi connectivity index (χ4n) is 1.28. The van der Waals surface area contributed by atoms with E-state index in [1.165, 1.54) is 0 Å². The monoisotopic (exact) mass is 274 g/mol. The van der Waals surface area contributed by atoms with E-state index < -0.39 is 0 Å². The SMILES string of the molecule is CSCCOc1ccc(OCC2CO2)cc1Cl. The van der Waals surface area contributed by atoms with Crippen LogP contribution in [0.5, 0.6) is 11.5 Å². The van der Waals surface area contributed by atoms with Gasteiger partial charge in [-0.25, -0.2) is 0 Å². The van der Waals surface area contributed by atoms with Crippen LogP contribution in [0.25, 0.3) is 0 Å². The third kappa shape index (κ3) is 4.30. The summed E-state index contributed by atoms with van der Waals surface area (Å²) in [7, 11) is 0. The van der Waals surface area contributed by atoms with Gasteiger partial charge in [0.2, 0.25) is 0 Å². The summed E-state index contributed by atoms with van der Waals surface area (Å²) in [5.74, 6) is 2.41. The molecule has 1 heterocycles. The summed E-state index contributed by atoms with van der Waals surface area (Å²) >= 11 is 7.84. The van der Waals surface area contributed by atoms with Gasteiger partial charge in [0.05, 0.1) is 18.2 Å². The molecule has 1 saturated heterocycles. The highest BCUT2D eigenvalue weighted by atomic mass is 35.5. The standard InChI is InChI=1S/C12H15ClO3S/c1-17-5-4-14-12-3-2-9(6-11(12)13)15-7-10-8-16-10/h2-3,6,10H,4-5,7-8H2,1H3. The number of hydrogen-bond acceptors (Lipinski definition) is 4. The van der Waals surface area contributed by atoms with Gasteiger partial charge in [-0.1, -0.05) is 11.6 Å². The van der Waals surface area contributed by atoms with Crippen LogP contribution in [0.3, 0.4) is 0 Å². The molecule has 3 nitrogen and oxygen atoms in total. The molecule has 0 aliphatic carbocycles. The quantitative estimate of drug-likeness (QED) is 0.565. The molecule has 0 bridgehead atoms. The van der Waals surface area contributed by atoms with Gasteiger partial charge < -0.3 is 14.2 Å². The highest BCUT2D eigenvalue weighted by Gasteiger charge is 2.23. The Morgan fingerprint density at radius 1 is 1.47 bits per heavy atom. The van der Waals surface area contributed by atoms with E-state index in [2.05, 4.69) is 0 Å². The third-order valence-corrected chi connectivity index (χ3v) is 3.16. The molecule has 1 aliphatic heterocycles. The predicted octanol–water partition coefficient (Wildman–Crippen LogP) is 2.86. The number of ether oxygens (including phenoxy) is 3. The van der Waals surface area contributed by atoms with Crippen molar-refractivity contribution in [3.63, 3.8) is 0 Å². The second-order valence-electron chi connectivity index (χ2n) is 3.70. The third-order valence-electron chi connectivity index (χ3n) is 2.29. The average molecular weight is 275 g/mol. The van der Waals surface area contributed by atoms with E-state index in [4.69, 9.17) is 25.8 Å². The minimum Gasteiger partial charge on any atom is -0.491 e. The molecule has 0 radical (unpaired) electrons. The molecule has 0 spiro atoms. The van der Waals surface area contributed by atoms with E-state index in [-0.39, 0.29) is 6.10 Å². The zero-order valence-electron chi connectivity index (χ0n) is 9.65. The molecule has 0 N–H and O–H groups in total. The van der Waals surface area contributed by atoms with Crippen molar-refractivity contribution >= 4 is 23.4 Å². The van der Waals surface area contributed by atoms with Crippen LogP contribution in [0.15, 0.2) is 18.2 Å². The number of hydrogen-bond donors (Lipinski definition) is 0. The minimum atomic E-state index is 0.256. The number of thioether (sulfide) groups is 1. The molecule has 1 fully saturated rings. The fourth-order valence-corrected chi connectivity index (χ4v) is 1.75.